The van der Waals surface area contributed by atoms with Crippen molar-refractivity contribution >= 4 is 39.3 Å². The molecule has 0 fully saturated rings. The fourth-order valence-electron chi connectivity index (χ4n) is 1.40. The van der Waals surface area contributed by atoms with Gasteiger partial charge in [-0.05, 0) is 33.8 Å². The number of urea groups is 1. The molecule has 1 aromatic rings. The lowest BCUT2D eigenvalue weighted by Crippen LogP contribution is -2.42. The third kappa shape index (κ3) is 4.66. The van der Waals surface area contributed by atoms with Crippen LogP contribution < -0.4 is 5.32 Å². The number of carbonyl (C=O) groups is 2. The first-order chi connectivity index (χ1) is 8.54. The number of thiophene rings is 1. The largest absolute Gasteiger partial charge is 0.480 e. The topological polar surface area (TPSA) is 69.6 Å². The predicted octanol–water partition coefficient (Wildman–Crippen LogP) is 2.52. The van der Waals surface area contributed by atoms with Crippen molar-refractivity contribution in [3.8, 4) is 0 Å². The Hall–Kier alpha value is -1.08. The van der Waals surface area contributed by atoms with Crippen LogP contribution in [0.25, 0.3) is 0 Å². The zero-order valence-electron chi connectivity index (χ0n) is 9.98. The molecule has 7 heteroatoms. The highest BCUT2D eigenvalue weighted by atomic mass is 79.9. The van der Waals surface area contributed by atoms with Crippen LogP contribution in [0.2, 0.25) is 0 Å². The maximum atomic E-state index is 11.8. The van der Waals surface area contributed by atoms with Crippen molar-refractivity contribution in [2.24, 2.45) is 0 Å². The zero-order chi connectivity index (χ0) is 13.5. The molecule has 2 amide bonds. The van der Waals surface area contributed by atoms with Crippen LogP contribution in [-0.2, 0) is 11.3 Å². The summed E-state index contributed by atoms with van der Waals surface area (Å²) in [7, 11) is 0. The molecule has 0 aliphatic heterocycles. The van der Waals surface area contributed by atoms with Gasteiger partial charge in [0.05, 0.1) is 6.54 Å². The molecule has 0 bridgehead atoms. The number of carbonyl (C=O) groups excluding carboxylic acids is 1. The van der Waals surface area contributed by atoms with Gasteiger partial charge in [-0.25, -0.2) is 4.79 Å². The van der Waals surface area contributed by atoms with E-state index in [2.05, 4.69) is 21.2 Å². The number of rotatable bonds is 6. The minimum atomic E-state index is -1.00. The van der Waals surface area contributed by atoms with Crippen LogP contribution in [0.1, 0.15) is 18.2 Å². The molecule has 0 saturated carbocycles. The number of hydrogen-bond acceptors (Lipinski definition) is 3. The van der Waals surface area contributed by atoms with E-state index in [1.54, 1.807) is 0 Å². The first-order valence-electron chi connectivity index (χ1n) is 5.51. The molecule has 0 radical (unpaired) electrons. The first kappa shape index (κ1) is 15.0. The minimum Gasteiger partial charge on any atom is -0.480 e. The lowest BCUT2D eigenvalue weighted by molar-refractivity contribution is -0.137. The molecule has 0 aliphatic carbocycles. The van der Waals surface area contributed by atoms with Gasteiger partial charge in [0.15, 0.2) is 0 Å². The highest BCUT2D eigenvalue weighted by Crippen LogP contribution is 2.22. The van der Waals surface area contributed by atoms with E-state index >= 15 is 0 Å². The summed E-state index contributed by atoms with van der Waals surface area (Å²) in [5.74, 6) is -1.00. The fraction of sp³-hybridized carbons (Fsp3) is 0.455. The van der Waals surface area contributed by atoms with Gasteiger partial charge < -0.3 is 15.3 Å². The van der Waals surface area contributed by atoms with Crippen molar-refractivity contribution in [1.82, 2.24) is 10.2 Å². The van der Waals surface area contributed by atoms with Crippen LogP contribution in [0.15, 0.2) is 15.9 Å². The highest BCUT2D eigenvalue weighted by Gasteiger charge is 2.15. The molecule has 0 saturated heterocycles. The zero-order valence-corrected chi connectivity index (χ0v) is 12.4. The molecule has 18 heavy (non-hydrogen) atoms. The van der Waals surface area contributed by atoms with E-state index in [1.807, 2.05) is 18.4 Å². The summed E-state index contributed by atoms with van der Waals surface area (Å²) in [6.07, 6.45) is 0.726. The third-order valence-corrected chi connectivity index (χ3v) is 4.12. The summed E-state index contributed by atoms with van der Waals surface area (Å²) in [5.41, 5.74) is 0. The highest BCUT2D eigenvalue weighted by molar-refractivity contribution is 9.10. The van der Waals surface area contributed by atoms with E-state index in [9.17, 15) is 9.59 Å². The molecular weight excluding hydrogens is 320 g/mol. The van der Waals surface area contributed by atoms with Crippen molar-refractivity contribution in [2.45, 2.75) is 19.9 Å². The number of hydrogen-bond donors (Lipinski definition) is 2. The smallest absolute Gasteiger partial charge is 0.323 e. The second-order valence-corrected chi connectivity index (χ2v) is 5.52. The third-order valence-electron chi connectivity index (χ3n) is 2.20. The van der Waals surface area contributed by atoms with Gasteiger partial charge >= 0.3 is 12.0 Å². The van der Waals surface area contributed by atoms with Crippen LogP contribution in [0.5, 0.6) is 0 Å². The Morgan fingerprint density at radius 3 is 2.78 bits per heavy atom. The Bertz CT molecular complexity index is 422. The van der Waals surface area contributed by atoms with Gasteiger partial charge in [0.2, 0.25) is 0 Å². The van der Waals surface area contributed by atoms with Crippen molar-refractivity contribution in [3.63, 3.8) is 0 Å². The molecule has 5 nitrogen and oxygen atoms in total. The Morgan fingerprint density at radius 2 is 2.28 bits per heavy atom. The van der Waals surface area contributed by atoms with E-state index in [0.29, 0.717) is 13.1 Å². The molecule has 0 atom stereocenters. The molecule has 2 N–H and O–H groups in total. The Labute approximate surface area is 118 Å². The number of carboxylic acid groups (broad SMARTS) is 1. The van der Waals surface area contributed by atoms with Crippen LogP contribution >= 0.6 is 27.3 Å². The van der Waals surface area contributed by atoms with Crippen LogP contribution in [0.4, 0.5) is 4.79 Å². The minimum absolute atomic E-state index is 0.273. The number of nitrogens with one attached hydrogen (secondary N) is 1. The summed E-state index contributed by atoms with van der Waals surface area (Å²) in [5, 5.41) is 13.4. The van der Waals surface area contributed by atoms with Crippen molar-refractivity contribution in [2.75, 3.05) is 13.1 Å². The van der Waals surface area contributed by atoms with Gasteiger partial charge in [0, 0.05) is 15.9 Å². The summed E-state index contributed by atoms with van der Waals surface area (Å²) in [6.45, 7) is 2.46. The molecule has 1 rings (SSSR count). The maximum Gasteiger partial charge on any atom is 0.323 e. The summed E-state index contributed by atoms with van der Waals surface area (Å²) in [6, 6.07) is 1.56. The van der Waals surface area contributed by atoms with E-state index in [0.717, 1.165) is 15.8 Å². The predicted molar refractivity (Wildman–Crippen MR) is 73.8 cm³/mol. The van der Waals surface area contributed by atoms with Gasteiger partial charge in [-0.3, -0.25) is 4.79 Å². The lowest BCUT2D eigenvalue weighted by Gasteiger charge is -2.20. The number of aliphatic carboxylic acids is 1. The Kier molecular flexibility index (Phi) is 6.14. The van der Waals surface area contributed by atoms with Gasteiger partial charge in [-0.15, -0.1) is 11.3 Å². The quantitative estimate of drug-likeness (QED) is 0.839. The number of amides is 2. The average Bonchev–Trinajstić information content (AvgIpc) is 2.70. The molecule has 0 spiro atoms. The summed E-state index contributed by atoms with van der Waals surface area (Å²) < 4.78 is 0.952. The molecular formula is C11H15BrN2O3S. The number of carboxylic acids is 1. The van der Waals surface area contributed by atoms with Crippen LogP contribution in [0, 0.1) is 0 Å². The van der Waals surface area contributed by atoms with E-state index < -0.39 is 5.97 Å². The first-order valence-corrected chi connectivity index (χ1v) is 7.18. The molecule has 1 heterocycles. The monoisotopic (exact) mass is 334 g/mol. The molecule has 1 aromatic heterocycles. The fourth-order valence-corrected chi connectivity index (χ4v) is 2.84. The summed E-state index contributed by atoms with van der Waals surface area (Å²) >= 11 is 4.91. The second kappa shape index (κ2) is 7.38. The maximum absolute atomic E-state index is 11.8. The standard InChI is InChI=1S/C11H15BrN2O3S/c1-2-4-14(7-10(15)16)11(17)13-6-9-8(12)3-5-18-9/h3,5H,2,4,6-7H2,1H3,(H,13,17)(H,15,16). The van der Waals surface area contributed by atoms with E-state index in [-0.39, 0.29) is 12.6 Å². The number of nitrogens with zero attached hydrogens (tertiary/aromatic N) is 1. The lowest BCUT2D eigenvalue weighted by atomic mass is 10.4. The van der Waals surface area contributed by atoms with E-state index in [4.69, 9.17) is 5.11 Å². The molecule has 100 valence electrons. The van der Waals surface area contributed by atoms with Crippen molar-refractivity contribution in [1.29, 1.82) is 0 Å². The van der Waals surface area contributed by atoms with Crippen LogP contribution in [0.3, 0.4) is 0 Å². The molecule has 0 unspecified atom stereocenters. The normalized spacial score (nSPS) is 10.1. The molecule has 0 aromatic carbocycles. The SMILES string of the molecule is CCCN(CC(=O)O)C(=O)NCc1sccc1Br. The Morgan fingerprint density at radius 1 is 1.56 bits per heavy atom. The van der Waals surface area contributed by atoms with Crippen molar-refractivity contribution in [3.05, 3.63) is 20.8 Å². The number of halogens is 1. The van der Waals surface area contributed by atoms with Gasteiger partial charge in [0.1, 0.15) is 6.54 Å². The van der Waals surface area contributed by atoms with Gasteiger partial charge in [0.25, 0.3) is 0 Å². The summed E-state index contributed by atoms with van der Waals surface area (Å²) in [4.78, 5) is 24.8. The van der Waals surface area contributed by atoms with Gasteiger partial charge in [-0.2, -0.15) is 0 Å². The van der Waals surface area contributed by atoms with Crippen molar-refractivity contribution < 1.29 is 14.7 Å². The molecule has 0 aliphatic rings. The van der Waals surface area contributed by atoms with Crippen LogP contribution in [-0.4, -0.2) is 35.1 Å². The average molecular weight is 335 g/mol. The van der Waals surface area contributed by atoms with E-state index in [1.165, 1.54) is 16.2 Å². The Balaban J connectivity index is 2.51. The second-order valence-electron chi connectivity index (χ2n) is 3.67. The van der Waals surface area contributed by atoms with Gasteiger partial charge in [-0.1, -0.05) is 6.92 Å².